The SMILES string of the molecule is COCCCN1C(=O)C(c2ccc(OC)cc2)=C(N(C)Cc2ccccc2)C1=O. The van der Waals surface area contributed by atoms with Crippen molar-refractivity contribution in [1.29, 1.82) is 0 Å². The van der Waals surface area contributed by atoms with E-state index in [1.165, 1.54) is 4.90 Å². The summed E-state index contributed by atoms with van der Waals surface area (Å²) in [5.41, 5.74) is 2.61. The van der Waals surface area contributed by atoms with Crippen LogP contribution in [0.4, 0.5) is 0 Å². The van der Waals surface area contributed by atoms with Crippen LogP contribution in [0.25, 0.3) is 5.57 Å². The van der Waals surface area contributed by atoms with Crippen molar-refractivity contribution in [3.63, 3.8) is 0 Å². The highest BCUT2D eigenvalue weighted by atomic mass is 16.5. The summed E-state index contributed by atoms with van der Waals surface area (Å²) in [7, 11) is 5.04. The zero-order chi connectivity index (χ0) is 20.8. The van der Waals surface area contributed by atoms with Gasteiger partial charge in [-0.3, -0.25) is 14.5 Å². The fraction of sp³-hybridized carbons (Fsp3) is 0.304. The molecule has 0 aliphatic carbocycles. The first-order valence-corrected chi connectivity index (χ1v) is 9.55. The molecular weight excluding hydrogens is 368 g/mol. The Morgan fingerprint density at radius 3 is 2.24 bits per heavy atom. The number of ether oxygens (including phenoxy) is 2. The number of likely N-dealkylation sites (N-methyl/N-ethyl adjacent to an activating group) is 1. The number of carbonyl (C=O) groups is 2. The van der Waals surface area contributed by atoms with E-state index in [4.69, 9.17) is 9.47 Å². The molecule has 0 atom stereocenters. The Morgan fingerprint density at radius 2 is 1.62 bits per heavy atom. The average Bonchev–Trinajstić information content (AvgIpc) is 2.99. The van der Waals surface area contributed by atoms with E-state index in [0.717, 1.165) is 5.56 Å². The first-order valence-electron chi connectivity index (χ1n) is 9.55. The lowest BCUT2D eigenvalue weighted by Gasteiger charge is -2.21. The lowest BCUT2D eigenvalue weighted by Crippen LogP contribution is -2.35. The van der Waals surface area contributed by atoms with Gasteiger partial charge in [0.15, 0.2) is 0 Å². The van der Waals surface area contributed by atoms with Crippen molar-refractivity contribution in [1.82, 2.24) is 9.80 Å². The lowest BCUT2D eigenvalue weighted by molar-refractivity contribution is -0.137. The molecule has 2 aromatic rings. The minimum atomic E-state index is -0.272. The normalized spacial score (nSPS) is 14.0. The third kappa shape index (κ3) is 4.49. The van der Waals surface area contributed by atoms with E-state index in [9.17, 15) is 9.59 Å². The fourth-order valence-corrected chi connectivity index (χ4v) is 3.44. The van der Waals surface area contributed by atoms with Gasteiger partial charge in [-0.05, 0) is 29.7 Å². The topological polar surface area (TPSA) is 59.1 Å². The van der Waals surface area contributed by atoms with E-state index in [2.05, 4.69) is 0 Å². The maximum atomic E-state index is 13.2. The van der Waals surface area contributed by atoms with Crippen LogP contribution >= 0.6 is 0 Å². The van der Waals surface area contributed by atoms with Crippen LogP contribution in [0.5, 0.6) is 5.75 Å². The molecule has 1 aliphatic heterocycles. The summed E-state index contributed by atoms with van der Waals surface area (Å²) >= 11 is 0. The van der Waals surface area contributed by atoms with Gasteiger partial charge < -0.3 is 14.4 Å². The van der Waals surface area contributed by atoms with E-state index in [1.807, 2.05) is 54.4 Å². The van der Waals surface area contributed by atoms with E-state index in [0.29, 0.717) is 48.7 Å². The highest BCUT2D eigenvalue weighted by Gasteiger charge is 2.40. The minimum Gasteiger partial charge on any atom is -0.497 e. The molecule has 0 fully saturated rings. The molecule has 0 radical (unpaired) electrons. The molecule has 0 spiro atoms. The van der Waals surface area contributed by atoms with Gasteiger partial charge in [-0.15, -0.1) is 0 Å². The van der Waals surface area contributed by atoms with Gasteiger partial charge in [0.1, 0.15) is 11.4 Å². The van der Waals surface area contributed by atoms with Gasteiger partial charge in [0.25, 0.3) is 11.8 Å². The number of hydrogen-bond donors (Lipinski definition) is 0. The quantitative estimate of drug-likeness (QED) is 0.483. The maximum Gasteiger partial charge on any atom is 0.277 e. The number of imide groups is 1. The molecule has 3 rings (SSSR count). The zero-order valence-electron chi connectivity index (χ0n) is 17.1. The Kier molecular flexibility index (Phi) is 6.67. The molecule has 0 unspecified atom stereocenters. The van der Waals surface area contributed by atoms with Crippen LogP contribution in [-0.2, 0) is 20.9 Å². The van der Waals surface area contributed by atoms with Crippen molar-refractivity contribution >= 4 is 17.4 Å². The van der Waals surface area contributed by atoms with Gasteiger partial charge in [-0.25, -0.2) is 0 Å². The molecule has 1 heterocycles. The molecule has 0 N–H and O–H groups in total. The number of carbonyl (C=O) groups excluding carboxylic acids is 2. The van der Waals surface area contributed by atoms with Crippen molar-refractivity contribution in [2.45, 2.75) is 13.0 Å². The van der Waals surface area contributed by atoms with Gasteiger partial charge in [0, 0.05) is 33.9 Å². The first-order chi connectivity index (χ1) is 14.1. The molecule has 0 bridgehead atoms. The van der Waals surface area contributed by atoms with Crippen molar-refractivity contribution in [3.8, 4) is 5.75 Å². The minimum absolute atomic E-state index is 0.268. The molecule has 2 amide bonds. The highest BCUT2D eigenvalue weighted by molar-refractivity contribution is 6.35. The molecule has 152 valence electrons. The van der Waals surface area contributed by atoms with Crippen LogP contribution in [0, 0.1) is 0 Å². The van der Waals surface area contributed by atoms with E-state index in [-0.39, 0.29) is 11.8 Å². The van der Waals surface area contributed by atoms with Gasteiger partial charge in [0.2, 0.25) is 0 Å². The summed E-state index contributed by atoms with van der Waals surface area (Å²) in [6.07, 6.45) is 0.597. The second-order valence-corrected chi connectivity index (χ2v) is 6.90. The van der Waals surface area contributed by atoms with Crippen LogP contribution < -0.4 is 4.74 Å². The number of nitrogens with zero attached hydrogens (tertiary/aromatic N) is 2. The number of benzene rings is 2. The molecule has 0 aromatic heterocycles. The van der Waals surface area contributed by atoms with Crippen LogP contribution in [0.1, 0.15) is 17.5 Å². The largest absolute Gasteiger partial charge is 0.497 e. The molecule has 0 saturated carbocycles. The second-order valence-electron chi connectivity index (χ2n) is 6.90. The highest BCUT2D eigenvalue weighted by Crippen LogP contribution is 2.32. The number of amides is 2. The number of methoxy groups -OCH3 is 2. The predicted octanol–water partition coefficient (Wildman–Crippen LogP) is 2.94. The van der Waals surface area contributed by atoms with E-state index < -0.39 is 0 Å². The maximum absolute atomic E-state index is 13.2. The Hall–Kier alpha value is -3.12. The van der Waals surface area contributed by atoms with Crippen molar-refractivity contribution in [2.75, 3.05) is 34.4 Å². The third-order valence-corrected chi connectivity index (χ3v) is 4.90. The number of rotatable bonds is 9. The molecule has 6 nitrogen and oxygen atoms in total. The van der Waals surface area contributed by atoms with Gasteiger partial charge >= 0.3 is 0 Å². The summed E-state index contributed by atoms with van der Waals surface area (Å²) in [6, 6.07) is 17.1. The Labute approximate surface area is 171 Å². The Bertz CT molecular complexity index is 891. The zero-order valence-corrected chi connectivity index (χ0v) is 17.1. The summed E-state index contributed by atoms with van der Waals surface area (Å²) in [5.74, 6) is 0.156. The van der Waals surface area contributed by atoms with Crippen LogP contribution in [0.3, 0.4) is 0 Å². The Balaban J connectivity index is 1.96. The van der Waals surface area contributed by atoms with Gasteiger partial charge in [-0.2, -0.15) is 0 Å². The molecule has 1 aliphatic rings. The van der Waals surface area contributed by atoms with Crippen LogP contribution in [-0.4, -0.2) is 56.0 Å². The monoisotopic (exact) mass is 394 g/mol. The standard InChI is InChI=1S/C23H26N2O4/c1-24(16-17-8-5-4-6-9-17)21-20(18-10-12-19(29-3)13-11-18)22(26)25(23(21)27)14-7-15-28-2/h4-6,8-13H,7,14-16H2,1-3H3. The van der Waals surface area contributed by atoms with Crippen molar-refractivity contribution in [2.24, 2.45) is 0 Å². The predicted molar refractivity (Wildman–Crippen MR) is 111 cm³/mol. The van der Waals surface area contributed by atoms with Crippen LogP contribution in [0.2, 0.25) is 0 Å². The van der Waals surface area contributed by atoms with Gasteiger partial charge in [0.05, 0.1) is 12.7 Å². The molecule has 0 saturated heterocycles. The van der Waals surface area contributed by atoms with Crippen molar-refractivity contribution in [3.05, 3.63) is 71.4 Å². The third-order valence-electron chi connectivity index (χ3n) is 4.90. The van der Waals surface area contributed by atoms with Gasteiger partial charge in [-0.1, -0.05) is 42.5 Å². The fourth-order valence-electron chi connectivity index (χ4n) is 3.44. The summed E-state index contributed by atoms with van der Waals surface area (Å²) in [5, 5.41) is 0. The summed E-state index contributed by atoms with van der Waals surface area (Å²) in [4.78, 5) is 29.5. The second kappa shape index (κ2) is 9.39. The molecule has 29 heavy (non-hydrogen) atoms. The molecular formula is C23H26N2O4. The van der Waals surface area contributed by atoms with E-state index in [1.54, 1.807) is 26.4 Å². The first kappa shape index (κ1) is 20.6. The summed E-state index contributed by atoms with van der Waals surface area (Å²) in [6.45, 7) is 1.35. The van der Waals surface area contributed by atoms with E-state index >= 15 is 0 Å². The smallest absolute Gasteiger partial charge is 0.277 e. The molecule has 6 heteroatoms. The van der Waals surface area contributed by atoms with Crippen molar-refractivity contribution < 1.29 is 19.1 Å². The average molecular weight is 394 g/mol. The number of hydrogen-bond acceptors (Lipinski definition) is 5. The lowest BCUT2D eigenvalue weighted by atomic mass is 10.0. The summed E-state index contributed by atoms with van der Waals surface area (Å²) < 4.78 is 10.3. The molecule has 2 aromatic carbocycles. The Morgan fingerprint density at radius 1 is 0.931 bits per heavy atom. The van der Waals surface area contributed by atoms with Crippen LogP contribution in [0.15, 0.2) is 60.3 Å².